The second-order valence-electron chi connectivity index (χ2n) is 6.92. The van der Waals surface area contributed by atoms with Crippen LogP contribution in [0.15, 0.2) is 16.3 Å². The zero-order valence-electron chi connectivity index (χ0n) is 16.6. The lowest BCUT2D eigenvalue weighted by atomic mass is 10.1. The Bertz CT molecular complexity index is 571. The van der Waals surface area contributed by atoms with Crippen molar-refractivity contribution in [2.45, 2.75) is 53.0 Å². The molecule has 1 aliphatic heterocycles. The molecule has 0 spiro atoms. The van der Waals surface area contributed by atoms with Crippen LogP contribution in [-0.4, -0.2) is 57.3 Å². The third-order valence-electron chi connectivity index (χ3n) is 3.54. The zero-order chi connectivity index (χ0) is 22.3. The van der Waals surface area contributed by atoms with Crippen molar-refractivity contribution in [3.8, 4) is 0 Å². The van der Waals surface area contributed by atoms with Crippen molar-refractivity contribution in [3.63, 3.8) is 0 Å². The van der Waals surface area contributed by atoms with Gasteiger partial charge < -0.3 is 18.9 Å². The first-order valence-corrected chi connectivity index (χ1v) is 12.3. The van der Waals surface area contributed by atoms with E-state index in [1.165, 1.54) is 0 Å². The van der Waals surface area contributed by atoms with E-state index in [1.54, 1.807) is 11.8 Å². The fourth-order valence-corrected chi connectivity index (χ4v) is 2.93. The van der Waals surface area contributed by atoms with Crippen LogP contribution in [0.2, 0.25) is 0 Å². The summed E-state index contributed by atoms with van der Waals surface area (Å²) >= 11 is 36.2. The molecule has 0 atom stereocenters. The lowest BCUT2D eigenvalue weighted by Crippen LogP contribution is -2.27. The van der Waals surface area contributed by atoms with Crippen molar-refractivity contribution in [3.05, 3.63) is 11.3 Å². The molecule has 1 aliphatic rings. The maximum atomic E-state index is 5.79. The van der Waals surface area contributed by atoms with E-state index in [0.29, 0.717) is 37.0 Å². The summed E-state index contributed by atoms with van der Waals surface area (Å²) in [4.78, 5) is 4.64. The van der Waals surface area contributed by atoms with Gasteiger partial charge in [-0.05, 0) is 33.4 Å². The number of allylic oxidation sites excluding steroid dienone is 1. The summed E-state index contributed by atoms with van der Waals surface area (Å²) in [6, 6.07) is 0. The van der Waals surface area contributed by atoms with Crippen LogP contribution >= 0.6 is 81.4 Å². The van der Waals surface area contributed by atoms with Gasteiger partial charge in [-0.1, -0.05) is 69.6 Å². The highest BCUT2D eigenvalue weighted by molar-refractivity contribution is 7.98. The van der Waals surface area contributed by atoms with Crippen LogP contribution in [0.4, 0.5) is 0 Å². The van der Waals surface area contributed by atoms with Gasteiger partial charge in [-0.25, -0.2) is 4.99 Å². The minimum Gasteiger partial charge on any atom is -0.487 e. The Morgan fingerprint density at radius 2 is 1.69 bits per heavy atom. The Labute approximate surface area is 206 Å². The number of rotatable bonds is 11. The van der Waals surface area contributed by atoms with E-state index in [-0.39, 0.29) is 18.8 Å². The average molecular weight is 552 g/mol. The van der Waals surface area contributed by atoms with Crippen LogP contribution < -0.4 is 0 Å². The summed E-state index contributed by atoms with van der Waals surface area (Å²) in [6.45, 7) is 5.96. The number of ether oxygens (including phenoxy) is 4. The van der Waals surface area contributed by atoms with Gasteiger partial charge in [0.2, 0.25) is 13.5 Å². The smallest absolute Gasteiger partial charge is 0.216 e. The fraction of sp³-hybridized carbons (Fsp3) is 0.824. The molecule has 0 fully saturated rings. The van der Waals surface area contributed by atoms with Crippen LogP contribution in [-0.2, 0) is 18.9 Å². The molecular weight excluding hydrogens is 527 g/mol. The van der Waals surface area contributed by atoms with Crippen molar-refractivity contribution in [2.75, 3.05) is 32.0 Å². The predicted molar refractivity (Wildman–Crippen MR) is 125 cm³/mol. The molecule has 0 aromatic heterocycles. The number of thioether (sulfide) groups is 1. The molecule has 5 nitrogen and oxygen atoms in total. The molecule has 170 valence electrons. The van der Waals surface area contributed by atoms with E-state index in [4.69, 9.17) is 88.6 Å². The maximum Gasteiger partial charge on any atom is 0.216 e. The molecule has 0 amide bonds. The Morgan fingerprint density at radius 1 is 1.14 bits per heavy atom. The summed E-state index contributed by atoms with van der Waals surface area (Å²) in [5, 5.41) is 0. The Kier molecular flexibility index (Phi) is 11.9. The largest absolute Gasteiger partial charge is 0.487 e. The molecule has 0 saturated heterocycles. The minimum atomic E-state index is -1.60. The normalized spacial score (nSPS) is 17.8. The van der Waals surface area contributed by atoms with Gasteiger partial charge in [0, 0.05) is 6.42 Å². The van der Waals surface area contributed by atoms with Gasteiger partial charge in [-0.3, -0.25) is 0 Å². The number of halogens is 6. The van der Waals surface area contributed by atoms with Gasteiger partial charge in [0.1, 0.15) is 18.3 Å². The molecule has 1 heterocycles. The van der Waals surface area contributed by atoms with Gasteiger partial charge in [0.25, 0.3) is 0 Å². The molecule has 0 radical (unpaired) electrons. The zero-order valence-corrected chi connectivity index (χ0v) is 21.9. The monoisotopic (exact) mass is 549 g/mol. The van der Waals surface area contributed by atoms with Crippen LogP contribution in [0.5, 0.6) is 0 Å². The third kappa shape index (κ3) is 12.6. The first-order chi connectivity index (χ1) is 13.2. The first kappa shape index (κ1) is 28.1. The van der Waals surface area contributed by atoms with Crippen LogP contribution in [0.25, 0.3) is 0 Å². The Morgan fingerprint density at radius 3 is 2.10 bits per heavy atom. The molecule has 0 aromatic rings. The van der Waals surface area contributed by atoms with Gasteiger partial charge in [0.05, 0.1) is 24.3 Å². The van der Waals surface area contributed by atoms with Gasteiger partial charge >= 0.3 is 0 Å². The van der Waals surface area contributed by atoms with Crippen molar-refractivity contribution in [1.29, 1.82) is 0 Å². The number of hydrogen-bond acceptors (Lipinski definition) is 6. The second-order valence-corrected chi connectivity index (χ2v) is 12.8. The SMILES string of the molecule is CSCO/C(C)=C(/CCC(OCC(Cl)(Cl)Cl)OCC(Cl)(Cl)Cl)C1=NC(C)(C)CO1. The molecule has 1 rings (SSSR count). The molecule has 12 heteroatoms. The standard InChI is InChI=1S/C17H25Cl6NO4S/c1-11(28-10-29-4)12(14-24-15(2,3)7-27-14)5-6-13(25-8-16(18,19)20)26-9-17(21,22)23/h13H,5-10H2,1-4H3/b12-11-. The van der Waals surface area contributed by atoms with Gasteiger partial charge in [-0.15, -0.1) is 11.8 Å². The number of alkyl halides is 6. The molecule has 0 aliphatic carbocycles. The van der Waals surface area contributed by atoms with E-state index in [9.17, 15) is 0 Å². The molecule has 0 N–H and O–H groups in total. The van der Waals surface area contributed by atoms with Crippen LogP contribution in [0.3, 0.4) is 0 Å². The van der Waals surface area contributed by atoms with E-state index < -0.39 is 13.9 Å². The third-order valence-corrected chi connectivity index (χ3v) is 4.55. The highest BCUT2D eigenvalue weighted by atomic mass is 35.6. The minimum absolute atomic E-state index is 0.187. The molecule has 0 aromatic carbocycles. The highest BCUT2D eigenvalue weighted by Crippen LogP contribution is 2.31. The first-order valence-electron chi connectivity index (χ1n) is 8.63. The predicted octanol–water partition coefficient (Wildman–Crippen LogP) is 6.68. The summed E-state index contributed by atoms with van der Waals surface area (Å²) < 4.78 is 19.5. The van der Waals surface area contributed by atoms with E-state index >= 15 is 0 Å². The van der Waals surface area contributed by atoms with Crippen molar-refractivity contribution < 1.29 is 18.9 Å². The molecular formula is C17H25Cl6NO4S. The van der Waals surface area contributed by atoms with Gasteiger partial charge in [0.15, 0.2) is 6.29 Å². The topological polar surface area (TPSA) is 49.3 Å². The van der Waals surface area contributed by atoms with Crippen LogP contribution in [0.1, 0.15) is 33.6 Å². The van der Waals surface area contributed by atoms with Crippen molar-refractivity contribution in [2.24, 2.45) is 4.99 Å². The molecule has 29 heavy (non-hydrogen) atoms. The van der Waals surface area contributed by atoms with Crippen molar-refractivity contribution >= 4 is 87.3 Å². The number of nitrogens with zero attached hydrogens (tertiary/aromatic N) is 1. The van der Waals surface area contributed by atoms with E-state index in [0.717, 1.165) is 5.57 Å². The lowest BCUT2D eigenvalue weighted by molar-refractivity contribution is -0.143. The van der Waals surface area contributed by atoms with Crippen molar-refractivity contribution in [1.82, 2.24) is 0 Å². The summed E-state index contributed by atoms with van der Waals surface area (Å²) in [5.41, 5.74) is 0.502. The summed E-state index contributed by atoms with van der Waals surface area (Å²) in [6.07, 6.45) is 2.02. The maximum absolute atomic E-state index is 5.79. The Balaban J connectivity index is 2.92. The number of hydrogen-bond donors (Lipinski definition) is 0. The van der Waals surface area contributed by atoms with E-state index in [1.807, 2.05) is 27.0 Å². The van der Waals surface area contributed by atoms with Gasteiger partial charge in [-0.2, -0.15) is 0 Å². The summed E-state index contributed by atoms with van der Waals surface area (Å²) in [5.74, 6) is 1.75. The molecule has 0 bridgehead atoms. The van der Waals surface area contributed by atoms with E-state index in [2.05, 4.69) is 4.99 Å². The molecule has 0 unspecified atom stereocenters. The van der Waals surface area contributed by atoms with Crippen LogP contribution in [0, 0.1) is 0 Å². The quantitative estimate of drug-likeness (QED) is 0.163. The molecule has 0 saturated carbocycles. The Hall–Kier alpha value is 1.02. The average Bonchev–Trinajstić information content (AvgIpc) is 2.92. The highest BCUT2D eigenvalue weighted by Gasteiger charge is 2.31. The fourth-order valence-electron chi connectivity index (χ4n) is 2.26. The lowest BCUT2D eigenvalue weighted by Gasteiger charge is -2.23. The second kappa shape index (κ2) is 12.3. The number of aliphatic imine (C=N–C) groups is 1. The summed E-state index contributed by atoms with van der Waals surface area (Å²) in [7, 11) is 0.